The van der Waals surface area contributed by atoms with Gasteiger partial charge in [0.05, 0.1) is 32.7 Å². The summed E-state index contributed by atoms with van der Waals surface area (Å²) in [7, 11) is 2.02. The van der Waals surface area contributed by atoms with Gasteiger partial charge in [-0.1, -0.05) is 35.1 Å². The summed E-state index contributed by atoms with van der Waals surface area (Å²) in [5.41, 5.74) is 9.30. The molecule has 0 aliphatic carbocycles. The molecule has 0 bridgehead atoms. The minimum absolute atomic E-state index is 0.0582. The number of nitrogens with zero attached hydrogens (tertiary/aromatic N) is 5. The highest BCUT2D eigenvalue weighted by atomic mass is 35.5. The number of aryl methyl sites for hydroxylation is 1. The quantitative estimate of drug-likeness (QED) is 0.368. The van der Waals surface area contributed by atoms with E-state index >= 15 is 0 Å². The van der Waals surface area contributed by atoms with Crippen molar-refractivity contribution >= 4 is 55.0 Å². The van der Waals surface area contributed by atoms with Crippen molar-refractivity contribution in [2.75, 3.05) is 43.9 Å². The van der Waals surface area contributed by atoms with E-state index < -0.39 is 6.17 Å². The maximum absolute atomic E-state index is 14.3. The van der Waals surface area contributed by atoms with Gasteiger partial charge in [-0.3, -0.25) is 4.90 Å². The number of benzene rings is 2. The van der Waals surface area contributed by atoms with Crippen LogP contribution in [0.3, 0.4) is 0 Å². The number of nitrogen functional groups attached to an aromatic ring is 1. The third-order valence-electron chi connectivity index (χ3n) is 8.24. The molecular formula is C27H28ClFN6OS. The zero-order chi connectivity index (χ0) is 25.3. The summed E-state index contributed by atoms with van der Waals surface area (Å²) >= 11 is 8.48. The van der Waals surface area contributed by atoms with Crippen molar-refractivity contribution in [2.45, 2.75) is 43.8 Å². The minimum atomic E-state index is -0.736. The number of nitrogens with two attached hydrogens (primary N) is 1. The van der Waals surface area contributed by atoms with E-state index in [0.717, 1.165) is 69.7 Å². The van der Waals surface area contributed by atoms with Crippen LogP contribution >= 0.6 is 22.9 Å². The smallest absolute Gasteiger partial charge is 0.181 e. The highest BCUT2D eigenvalue weighted by Gasteiger charge is 2.48. The predicted octanol–water partition coefficient (Wildman–Crippen LogP) is 5.48. The zero-order valence-corrected chi connectivity index (χ0v) is 22.2. The van der Waals surface area contributed by atoms with Crippen LogP contribution in [0.2, 0.25) is 5.02 Å². The summed E-state index contributed by atoms with van der Waals surface area (Å²) in [6, 6.07) is 8.04. The second-order valence-corrected chi connectivity index (χ2v) is 11.9. The normalized spacial score (nSPS) is 23.5. The lowest BCUT2D eigenvalue weighted by Gasteiger charge is -2.31. The number of anilines is 2. The number of aromatic nitrogens is 3. The van der Waals surface area contributed by atoms with E-state index in [1.165, 1.54) is 11.3 Å². The Hall–Kier alpha value is -2.75. The van der Waals surface area contributed by atoms with Gasteiger partial charge in [0.1, 0.15) is 24.4 Å². The number of alkyl halides is 1. The Balaban J connectivity index is 1.36. The number of ether oxygens (including phenoxy) is 1. The topological polar surface area (TPSA) is 80.4 Å². The van der Waals surface area contributed by atoms with Crippen LogP contribution in [0, 0.1) is 0 Å². The van der Waals surface area contributed by atoms with Crippen LogP contribution in [0.4, 0.5) is 15.3 Å². The van der Waals surface area contributed by atoms with Gasteiger partial charge in [0, 0.05) is 36.7 Å². The van der Waals surface area contributed by atoms with Crippen LogP contribution < -0.4 is 15.4 Å². The molecule has 2 N–H and O–H groups in total. The summed E-state index contributed by atoms with van der Waals surface area (Å²) in [5.74, 6) is 2.21. The molecule has 3 aliphatic rings. The molecule has 192 valence electrons. The molecule has 5 heterocycles. The molecule has 0 saturated carbocycles. The van der Waals surface area contributed by atoms with Crippen molar-refractivity contribution in [2.24, 2.45) is 0 Å². The molecule has 10 heteroatoms. The number of thiazole rings is 1. The van der Waals surface area contributed by atoms with Gasteiger partial charge < -0.3 is 15.4 Å². The van der Waals surface area contributed by atoms with Gasteiger partial charge in [-0.2, -0.15) is 0 Å². The molecule has 2 atom stereocenters. The number of likely N-dealkylation sites (N-methyl/N-ethyl adjacent to an activating group) is 1. The summed E-state index contributed by atoms with van der Waals surface area (Å²) < 4.78 is 21.5. The van der Waals surface area contributed by atoms with E-state index in [1.54, 1.807) is 0 Å². The lowest BCUT2D eigenvalue weighted by Crippen LogP contribution is -2.38. The highest BCUT2D eigenvalue weighted by molar-refractivity contribution is 7.22. The number of hydrogen-bond acceptors (Lipinski definition) is 8. The van der Waals surface area contributed by atoms with Crippen LogP contribution in [0.15, 0.2) is 24.3 Å². The summed E-state index contributed by atoms with van der Waals surface area (Å²) in [6.07, 6.45) is 3.63. The molecule has 0 amide bonds. The van der Waals surface area contributed by atoms with Crippen LogP contribution in [-0.2, 0) is 6.42 Å². The molecular weight excluding hydrogens is 511 g/mol. The monoisotopic (exact) mass is 538 g/mol. The maximum atomic E-state index is 14.3. The van der Waals surface area contributed by atoms with Gasteiger partial charge >= 0.3 is 0 Å². The largest absolute Gasteiger partial charge is 0.489 e. The Labute approximate surface area is 223 Å². The maximum Gasteiger partial charge on any atom is 0.181 e. The Morgan fingerprint density at radius 1 is 1.24 bits per heavy atom. The van der Waals surface area contributed by atoms with Crippen molar-refractivity contribution in [1.82, 2.24) is 19.9 Å². The molecule has 3 aliphatic heterocycles. The van der Waals surface area contributed by atoms with Crippen LogP contribution in [0.5, 0.6) is 5.75 Å². The molecule has 37 heavy (non-hydrogen) atoms. The number of halogens is 2. The molecule has 2 aromatic heterocycles. The lowest BCUT2D eigenvalue weighted by atomic mass is 9.88. The van der Waals surface area contributed by atoms with E-state index in [4.69, 9.17) is 32.0 Å². The fourth-order valence-electron chi connectivity index (χ4n) is 6.52. The Bertz CT molecular complexity index is 1540. The second kappa shape index (κ2) is 8.64. The summed E-state index contributed by atoms with van der Waals surface area (Å²) in [4.78, 5) is 19.1. The number of rotatable bonds is 4. The molecule has 2 fully saturated rings. The van der Waals surface area contributed by atoms with E-state index in [-0.39, 0.29) is 5.54 Å². The predicted molar refractivity (Wildman–Crippen MR) is 148 cm³/mol. The molecule has 0 radical (unpaired) electrons. The molecule has 2 aromatic carbocycles. The van der Waals surface area contributed by atoms with Gasteiger partial charge in [0.25, 0.3) is 0 Å². The summed E-state index contributed by atoms with van der Waals surface area (Å²) in [6.45, 7) is 2.72. The van der Waals surface area contributed by atoms with Crippen LogP contribution in [0.25, 0.3) is 32.2 Å². The van der Waals surface area contributed by atoms with E-state index in [0.29, 0.717) is 48.4 Å². The van der Waals surface area contributed by atoms with Crippen LogP contribution in [0.1, 0.15) is 31.5 Å². The Kier molecular flexibility index (Phi) is 5.46. The van der Waals surface area contributed by atoms with E-state index in [1.807, 2.05) is 31.3 Å². The Morgan fingerprint density at radius 2 is 2.14 bits per heavy atom. The second-order valence-electron chi connectivity index (χ2n) is 10.5. The third kappa shape index (κ3) is 3.73. The highest BCUT2D eigenvalue weighted by Crippen LogP contribution is 2.47. The van der Waals surface area contributed by atoms with Crippen molar-refractivity contribution in [3.8, 4) is 16.9 Å². The minimum Gasteiger partial charge on any atom is -0.489 e. The first-order valence-corrected chi connectivity index (χ1v) is 14.0. The van der Waals surface area contributed by atoms with Gasteiger partial charge in [-0.05, 0) is 44.4 Å². The first kappa shape index (κ1) is 23.4. The summed E-state index contributed by atoms with van der Waals surface area (Å²) in [5, 5.41) is 1.87. The number of para-hydroxylation sites is 1. The van der Waals surface area contributed by atoms with Crippen molar-refractivity contribution in [3.05, 3.63) is 35.1 Å². The van der Waals surface area contributed by atoms with Crippen molar-refractivity contribution in [1.29, 1.82) is 0 Å². The third-order valence-corrected chi connectivity index (χ3v) is 9.47. The first-order valence-electron chi connectivity index (χ1n) is 12.8. The van der Waals surface area contributed by atoms with Crippen LogP contribution in [-0.4, -0.2) is 64.9 Å². The average molecular weight is 539 g/mol. The Morgan fingerprint density at radius 3 is 3.03 bits per heavy atom. The van der Waals surface area contributed by atoms with Gasteiger partial charge in [-0.15, -0.1) is 0 Å². The van der Waals surface area contributed by atoms with Gasteiger partial charge in [0.2, 0.25) is 0 Å². The van der Waals surface area contributed by atoms with Gasteiger partial charge in [-0.25, -0.2) is 19.3 Å². The SMILES string of the molecule is CN1CCOc2c(Cl)c(-c3cccc4sc(N)nc34)cc3nc(CC[C@@]45CCCN4C[C@H](F)C5)nc1c23. The fourth-order valence-corrected chi connectivity index (χ4v) is 7.58. The average Bonchev–Trinajstić information content (AvgIpc) is 3.50. The van der Waals surface area contributed by atoms with E-state index in [2.05, 4.69) is 14.8 Å². The zero-order valence-electron chi connectivity index (χ0n) is 20.6. The molecule has 7 rings (SSSR count). The van der Waals surface area contributed by atoms with E-state index in [9.17, 15) is 4.39 Å². The molecule has 0 spiro atoms. The first-order chi connectivity index (χ1) is 17.9. The van der Waals surface area contributed by atoms with Gasteiger partial charge in [0.15, 0.2) is 10.9 Å². The molecule has 7 nitrogen and oxygen atoms in total. The lowest BCUT2D eigenvalue weighted by molar-refractivity contribution is 0.181. The molecule has 2 saturated heterocycles. The standard InChI is InChI=1S/C27H28ClFN6OS/c1-34-10-11-36-24-21-18(12-17(22(24)28)16-4-2-5-19-23(16)33-26(30)37-19)31-20(32-25(21)34)6-8-27-7-3-9-35(27)14-15(29)13-27/h2,4-5,12,15H,3,6-11,13-14H2,1H3,(H2,30,33)/t15-,27-/m1/s1. The molecule has 4 aromatic rings. The molecule has 0 unspecified atom stereocenters. The fraction of sp³-hybridized carbons (Fsp3) is 0.444. The van der Waals surface area contributed by atoms with Crippen molar-refractivity contribution < 1.29 is 9.13 Å². The number of fused-ring (bicyclic) bond motifs is 2. The number of hydrogen-bond donors (Lipinski definition) is 1. The van der Waals surface area contributed by atoms with Crippen molar-refractivity contribution in [3.63, 3.8) is 0 Å².